The fourth-order valence-electron chi connectivity index (χ4n) is 2.30. The highest BCUT2D eigenvalue weighted by Crippen LogP contribution is 2.32. The molecular weight excluding hydrogens is 248 g/mol. The molecule has 0 radical (unpaired) electrons. The van der Waals surface area contributed by atoms with Gasteiger partial charge in [-0.1, -0.05) is 17.7 Å². The van der Waals surface area contributed by atoms with E-state index < -0.39 is 0 Å². The molecular formula is C14H17ClN2O. The average Bonchev–Trinajstić information content (AvgIpc) is 2.37. The third kappa shape index (κ3) is 2.48. The highest BCUT2D eigenvalue weighted by molar-refractivity contribution is 6.35. The van der Waals surface area contributed by atoms with E-state index >= 15 is 0 Å². The summed E-state index contributed by atoms with van der Waals surface area (Å²) < 4.78 is 0. The highest BCUT2D eigenvalue weighted by atomic mass is 35.5. The van der Waals surface area contributed by atoms with Gasteiger partial charge in [0, 0.05) is 35.2 Å². The monoisotopic (exact) mass is 264 g/mol. The number of pyridine rings is 1. The van der Waals surface area contributed by atoms with E-state index in [0.717, 1.165) is 16.5 Å². The van der Waals surface area contributed by atoms with Crippen molar-refractivity contribution in [1.82, 2.24) is 4.98 Å². The maximum atomic E-state index is 9.17. The van der Waals surface area contributed by atoms with Crippen LogP contribution in [0.2, 0.25) is 5.02 Å². The summed E-state index contributed by atoms with van der Waals surface area (Å²) in [5, 5.41) is 10.8. The van der Waals surface area contributed by atoms with E-state index in [4.69, 9.17) is 17.3 Å². The van der Waals surface area contributed by atoms with Crippen molar-refractivity contribution in [3.63, 3.8) is 0 Å². The first-order chi connectivity index (χ1) is 8.65. The first-order valence-corrected chi connectivity index (χ1v) is 6.42. The molecule has 18 heavy (non-hydrogen) atoms. The number of aromatic nitrogens is 1. The molecule has 0 aliphatic heterocycles. The Hall–Kier alpha value is -1.16. The van der Waals surface area contributed by atoms with Crippen LogP contribution in [0.1, 0.15) is 24.8 Å². The van der Waals surface area contributed by atoms with Crippen LogP contribution >= 0.6 is 11.6 Å². The number of aliphatic hydroxyl groups excluding tert-OH is 1. The maximum absolute atomic E-state index is 9.17. The second-order valence-corrected chi connectivity index (χ2v) is 4.92. The van der Waals surface area contributed by atoms with Crippen LogP contribution in [0.3, 0.4) is 0 Å². The van der Waals surface area contributed by atoms with Crippen LogP contribution in [0.25, 0.3) is 10.9 Å². The van der Waals surface area contributed by atoms with Crippen molar-refractivity contribution in [2.24, 2.45) is 5.73 Å². The van der Waals surface area contributed by atoms with Crippen molar-refractivity contribution < 1.29 is 5.11 Å². The van der Waals surface area contributed by atoms with Gasteiger partial charge in [0.15, 0.2) is 0 Å². The Kier molecular flexibility index (Phi) is 4.17. The van der Waals surface area contributed by atoms with Gasteiger partial charge in [-0.2, -0.15) is 0 Å². The summed E-state index contributed by atoms with van der Waals surface area (Å²) in [5.41, 5.74) is 7.94. The molecule has 0 amide bonds. The summed E-state index contributed by atoms with van der Waals surface area (Å²) in [4.78, 5) is 4.41. The lowest BCUT2D eigenvalue weighted by Crippen LogP contribution is -2.26. The topological polar surface area (TPSA) is 59.1 Å². The minimum Gasteiger partial charge on any atom is -0.396 e. The molecule has 0 saturated heterocycles. The third-order valence-corrected chi connectivity index (χ3v) is 3.55. The SMILES string of the molecule is CC(N)C(CCO)c1ccc(Cl)c2cccnc12. The summed E-state index contributed by atoms with van der Waals surface area (Å²) in [5.74, 6) is 0.0877. The van der Waals surface area contributed by atoms with Crippen LogP contribution in [0, 0.1) is 0 Å². The van der Waals surface area contributed by atoms with Gasteiger partial charge >= 0.3 is 0 Å². The lowest BCUT2D eigenvalue weighted by Gasteiger charge is -2.21. The first kappa shape index (κ1) is 13.3. The van der Waals surface area contributed by atoms with Crippen LogP contribution < -0.4 is 5.73 Å². The van der Waals surface area contributed by atoms with Crippen LogP contribution in [0.4, 0.5) is 0 Å². The molecule has 0 saturated carbocycles. The van der Waals surface area contributed by atoms with Gasteiger partial charge in [-0.25, -0.2) is 0 Å². The number of halogens is 1. The molecule has 96 valence electrons. The van der Waals surface area contributed by atoms with E-state index in [-0.39, 0.29) is 18.6 Å². The van der Waals surface area contributed by atoms with Gasteiger partial charge in [0.25, 0.3) is 0 Å². The summed E-state index contributed by atoms with van der Waals surface area (Å²) in [6, 6.07) is 7.61. The van der Waals surface area contributed by atoms with Gasteiger partial charge in [0.05, 0.1) is 5.52 Å². The molecule has 1 aromatic carbocycles. The van der Waals surface area contributed by atoms with Crippen molar-refractivity contribution in [3.8, 4) is 0 Å². The molecule has 4 heteroatoms. The predicted octanol–water partition coefficient (Wildman–Crippen LogP) is 2.70. The second kappa shape index (κ2) is 5.65. The maximum Gasteiger partial charge on any atom is 0.0752 e. The minimum atomic E-state index is -0.0384. The fourth-order valence-corrected chi connectivity index (χ4v) is 2.52. The lowest BCUT2D eigenvalue weighted by atomic mass is 9.88. The molecule has 2 rings (SSSR count). The molecule has 1 heterocycles. The number of hydrogen-bond acceptors (Lipinski definition) is 3. The van der Waals surface area contributed by atoms with Gasteiger partial charge in [-0.05, 0) is 37.1 Å². The van der Waals surface area contributed by atoms with Crippen molar-refractivity contribution in [3.05, 3.63) is 41.0 Å². The molecule has 0 spiro atoms. The molecule has 0 aliphatic carbocycles. The highest BCUT2D eigenvalue weighted by Gasteiger charge is 2.19. The zero-order valence-corrected chi connectivity index (χ0v) is 11.1. The van der Waals surface area contributed by atoms with E-state index in [1.807, 2.05) is 31.2 Å². The van der Waals surface area contributed by atoms with Crippen LogP contribution in [0.15, 0.2) is 30.5 Å². The second-order valence-electron chi connectivity index (χ2n) is 4.51. The number of nitrogens with two attached hydrogens (primary N) is 1. The van der Waals surface area contributed by atoms with Gasteiger partial charge in [-0.3, -0.25) is 4.98 Å². The number of benzene rings is 1. The molecule has 2 atom stereocenters. The molecule has 2 unspecified atom stereocenters. The quantitative estimate of drug-likeness (QED) is 0.893. The van der Waals surface area contributed by atoms with E-state index in [2.05, 4.69) is 4.98 Å². The molecule has 3 N–H and O–H groups in total. The van der Waals surface area contributed by atoms with Gasteiger partial charge in [0.2, 0.25) is 0 Å². The zero-order valence-electron chi connectivity index (χ0n) is 10.3. The zero-order chi connectivity index (χ0) is 13.1. The summed E-state index contributed by atoms with van der Waals surface area (Å²) >= 11 is 6.17. The summed E-state index contributed by atoms with van der Waals surface area (Å²) in [7, 11) is 0. The van der Waals surface area contributed by atoms with E-state index in [0.29, 0.717) is 11.4 Å². The largest absolute Gasteiger partial charge is 0.396 e. The Bertz CT molecular complexity index is 542. The van der Waals surface area contributed by atoms with Gasteiger partial charge in [-0.15, -0.1) is 0 Å². The smallest absolute Gasteiger partial charge is 0.0752 e. The van der Waals surface area contributed by atoms with Crippen molar-refractivity contribution in [1.29, 1.82) is 0 Å². The van der Waals surface area contributed by atoms with Gasteiger partial charge in [0.1, 0.15) is 0 Å². The Morgan fingerprint density at radius 3 is 2.83 bits per heavy atom. The number of nitrogens with zero attached hydrogens (tertiary/aromatic N) is 1. The molecule has 3 nitrogen and oxygen atoms in total. The Balaban J connectivity index is 2.59. The normalized spacial score (nSPS) is 14.7. The van der Waals surface area contributed by atoms with E-state index in [9.17, 15) is 5.11 Å². The number of hydrogen-bond donors (Lipinski definition) is 2. The minimum absolute atomic E-state index is 0.0384. The van der Waals surface area contributed by atoms with Crippen molar-refractivity contribution in [2.75, 3.05) is 6.61 Å². The molecule has 0 fully saturated rings. The molecule has 1 aromatic heterocycles. The summed E-state index contributed by atoms with van der Waals surface area (Å²) in [6.07, 6.45) is 2.38. The van der Waals surface area contributed by atoms with Crippen molar-refractivity contribution in [2.45, 2.75) is 25.3 Å². The molecule has 0 aliphatic rings. The number of fused-ring (bicyclic) bond motifs is 1. The lowest BCUT2D eigenvalue weighted by molar-refractivity contribution is 0.269. The Morgan fingerprint density at radius 1 is 1.39 bits per heavy atom. The number of aliphatic hydroxyl groups is 1. The third-order valence-electron chi connectivity index (χ3n) is 3.22. The molecule has 0 bridgehead atoms. The fraction of sp³-hybridized carbons (Fsp3) is 0.357. The van der Waals surface area contributed by atoms with Crippen LogP contribution in [-0.2, 0) is 0 Å². The average molecular weight is 265 g/mol. The van der Waals surface area contributed by atoms with E-state index in [1.54, 1.807) is 6.20 Å². The standard InChI is InChI=1S/C14H17ClN2O/c1-9(16)10(6-8-18)11-4-5-13(15)12-3-2-7-17-14(11)12/h2-5,7,9-10,18H,6,8,16H2,1H3. The molecule has 2 aromatic rings. The van der Waals surface area contributed by atoms with E-state index in [1.165, 1.54) is 0 Å². The predicted molar refractivity (Wildman–Crippen MR) is 74.8 cm³/mol. The summed E-state index contributed by atoms with van der Waals surface area (Å²) in [6.45, 7) is 2.06. The Labute approximate surface area is 112 Å². The van der Waals surface area contributed by atoms with Crippen LogP contribution in [0.5, 0.6) is 0 Å². The van der Waals surface area contributed by atoms with Gasteiger partial charge < -0.3 is 10.8 Å². The Morgan fingerprint density at radius 2 is 2.17 bits per heavy atom. The van der Waals surface area contributed by atoms with Crippen molar-refractivity contribution >= 4 is 22.5 Å². The number of rotatable bonds is 4. The van der Waals surface area contributed by atoms with Crippen LogP contribution in [-0.4, -0.2) is 22.7 Å². The first-order valence-electron chi connectivity index (χ1n) is 6.04.